The number of anilines is 1. The van der Waals surface area contributed by atoms with Gasteiger partial charge in [0.2, 0.25) is 0 Å². The van der Waals surface area contributed by atoms with E-state index in [-0.39, 0.29) is 28.1 Å². The van der Waals surface area contributed by atoms with E-state index in [4.69, 9.17) is 9.47 Å². The summed E-state index contributed by atoms with van der Waals surface area (Å²) in [5.74, 6) is 0.544. The van der Waals surface area contributed by atoms with Gasteiger partial charge in [-0.15, -0.1) is 0 Å². The molecule has 1 amide bonds. The van der Waals surface area contributed by atoms with Crippen LogP contribution in [0.25, 0.3) is 0 Å². The molecule has 2 aromatic rings. The van der Waals surface area contributed by atoms with Crippen LogP contribution in [0.15, 0.2) is 47.4 Å². The second-order valence-corrected chi connectivity index (χ2v) is 8.06. The molecule has 8 heteroatoms. The Balaban J connectivity index is 1.88. The van der Waals surface area contributed by atoms with Crippen molar-refractivity contribution in [1.29, 1.82) is 0 Å². The molecule has 2 aromatic carbocycles. The lowest BCUT2D eigenvalue weighted by Gasteiger charge is -2.15. The van der Waals surface area contributed by atoms with Gasteiger partial charge in [0.1, 0.15) is 0 Å². The molecule has 0 radical (unpaired) electrons. The maximum atomic E-state index is 12.9. The minimum atomic E-state index is -3.92. The molecular weight excluding hydrogens is 380 g/mol. The van der Waals surface area contributed by atoms with E-state index in [0.717, 1.165) is 12.8 Å². The molecular formula is C20H24N2O5S. The largest absolute Gasteiger partial charge is 0.490 e. The molecule has 0 heterocycles. The summed E-state index contributed by atoms with van der Waals surface area (Å²) in [5, 5.41) is 2.87. The van der Waals surface area contributed by atoms with Gasteiger partial charge in [0, 0.05) is 12.1 Å². The van der Waals surface area contributed by atoms with Crippen LogP contribution in [0.1, 0.15) is 37.0 Å². The highest BCUT2D eigenvalue weighted by molar-refractivity contribution is 7.92. The van der Waals surface area contributed by atoms with E-state index in [1.165, 1.54) is 12.1 Å². The molecule has 1 saturated carbocycles. The second-order valence-electron chi connectivity index (χ2n) is 6.37. The number of hydrogen-bond donors (Lipinski definition) is 2. The van der Waals surface area contributed by atoms with E-state index in [0.29, 0.717) is 24.7 Å². The first-order valence-corrected chi connectivity index (χ1v) is 10.7. The van der Waals surface area contributed by atoms with Gasteiger partial charge in [-0.1, -0.05) is 12.1 Å². The predicted octanol–water partition coefficient (Wildman–Crippen LogP) is 3.18. The molecule has 1 fully saturated rings. The zero-order chi connectivity index (χ0) is 20.1. The Morgan fingerprint density at radius 3 is 2.39 bits per heavy atom. The van der Waals surface area contributed by atoms with Crippen molar-refractivity contribution in [2.24, 2.45) is 0 Å². The summed E-state index contributed by atoms with van der Waals surface area (Å²) in [6.07, 6.45) is 1.90. The summed E-state index contributed by atoms with van der Waals surface area (Å²) < 4.78 is 39.3. The van der Waals surface area contributed by atoms with Gasteiger partial charge >= 0.3 is 0 Å². The Morgan fingerprint density at radius 2 is 1.71 bits per heavy atom. The highest BCUT2D eigenvalue weighted by atomic mass is 32.2. The van der Waals surface area contributed by atoms with E-state index in [1.54, 1.807) is 30.3 Å². The van der Waals surface area contributed by atoms with Crippen LogP contribution >= 0.6 is 0 Å². The fourth-order valence-corrected chi connectivity index (χ4v) is 3.76. The summed E-state index contributed by atoms with van der Waals surface area (Å²) >= 11 is 0. The van der Waals surface area contributed by atoms with Crippen molar-refractivity contribution in [3.63, 3.8) is 0 Å². The number of amides is 1. The Labute approximate surface area is 165 Å². The molecule has 0 spiro atoms. The molecule has 0 aromatic heterocycles. The summed E-state index contributed by atoms with van der Waals surface area (Å²) in [5.41, 5.74) is 0.515. The van der Waals surface area contributed by atoms with Crippen molar-refractivity contribution in [3.8, 4) is 11.5 Å². The zero-order valence-electron chi connectivity index (χ0n) is 15.9. The number of para-hydroxylation sites is 1. The average Bonchev–Trinajstić information content (AvgIpc) is 3.47. The molecule has 0 aliphatic heterocycles. The molecule has 1 aliphatic rings. The first-order valence-electron chi connectivity index (χ1n) is 9.27. The van der Waals surface area contributed by atoms with Gasteiger partial charge in [0.15, 0.2) is 11.5 Å². The van der Waals surface area contributed by atoms with Crippen LogP contribution in [0.4, 0.5) is 5.69 Å². The number of carbonyl (C=O) groups is 1. The number of nitrogens with one attached hydrogen (secondary N) is 2. The smallest absolute Gasteiger partial charge is 0.262 e. The van der Waals surface area contributed by atoms with E-state index in [1.807, 2.05) is 13.8 Å². The van der Waals surface area contributed by atoms with Gasteiger partial charge in [-0.25, -0.2) is 8.42 Å². The van der Waals surface area contributed by atoms with Crippen LogP contribution in [-0.4, -0.2) is 33.6 Å². The first-order chi connectivity index (χ1) is 13.4. The summed E-state index contributed by atoms with van der Waals surface area (Å²) in [4.78, 5) is 12.4. The Bertz CT molecular complexity index is 955. The standard InChI is InChI=1S/C20H24N2O5S/c1-3-26-18-12-11-15(13-19(18)27-4-2)28(24,25)22-17-8-6-5-7-16(17)20(23)21-14-9-10-14/h5-8,11-14,22H,3-4,9-10H2,1-2H3,(H,21,23). The van der Waals surface area contributed by atoms with Crippen molar-refractivity contribution >= 4 is 21.6 Å². The molecule has 3 rings (SSSR count). The van der Waals surface area contributed by atoms with Gasteiger partial charge in [0.25, 0.3) is 15.9 Å². The Kier molecular flexibility index (Phi) is 6.08. The van der Waals surface area contributed by atoms with Crippen LogP contribution in [0.3, 0.4) is 0 Å². The summed E-state index contributed by atoms with van der Waals surface area (Å²) in [7, 11) is -3.92. The Hall–Kier alpha value is -2.74. The maximum absolute atomic E-state index is 12.9. The van der Waals surface area contributed by atoms with Crippen molar-refractivity contribution in [2.75, 3.05) is 17.9 Å². The van der Waals surface area contributed by atoms with E-state index in [2.05, 4.69) is 10.0 Å². The number of benzene rings is 2. The molecule has 0 bridgehead atoms. The monoisotopic (exact) mass is 404 g/mol. The third-order valence-electron chi connectivity index (χ3n) is 4.15. The first kappa shape index (κ1) is 20.0. The topological polar surface area (TPSA) is 93.7 Å². The maximum Gasteiger partial charge on any atom is 0.262 e. The van der Waals surface area contributed by atoms with Crippen LogP contribution in [0.2, 0.25) is 0 Å². The van der Waals surface area contributed by atoms with Gasteiger partial charge < -0.3 is 14.8 Å². The lowest BCUT2D eigenvalue weighted by molar-refractivity contribution is 0.0952. The van der Waals surface area contributed by atoms with Crippen LogP contribution < -0.4 is 19.5 Å². The van der Waals surface area contributed by atoms with Crippen LogP contribution in [0.5, 0.6) is 11.5 Å². The number of sulfonamides is 1. The van der Waals surface area contributed by atoms with Gasteiger partial charge in [-0.2, -0.15) is 0 Å². The summed E-state index contributed by atoms with van der Waals surface area (Å²) in [6.45, 7) is 4.46. The van der Waals surface area contributed by atoms with E-state index in [9.17, 15) is 13.2 Å². The Morgan fingerprint density at radius 1 is 1.04 bits per heavy atom. The van der Waals surface area contributed by atoms with Crippen molar-refractivity contribution in [2.45, 2.75) is 37.6 Å². The third-order valence-corrected chi connectivity index (χ3v) is 5.52. The highest BCUT2D eigenvalue weighted by Crippen LogP contribution is 2.31. The van der Waals surface area contributed by atoms with Crippen molar-refractivity contribution < 1.29 is 22.7 Å². The van der Waals surface area contributed by atoms with Crippen LogP contribution in [-0.2, 0) is 10.0 Å². The minimum absolute atomic E-state index is 0.0248. The SMILES string of the molecule is CCOc1ccc(S(=O)(=O)Nc2ccccc2C(=O)NC2CC2)cc1OCC. The van der Waals surface area contributed by atoms with Gasteiger partial charge in [0.05, 0.1) is 29.4 Å². The molecule has 0 unspecified atom stereocenters. The highest BCUT2D eigenvalue weighted by Gasteiger charge is 2.26. The summed E-state index contributed by atoms with van der Waals surface area (Å²) in [6, 6.07) is 11.1. The molecule has 2 N–H and O–H groups in total. The molecule has 0 atom stereocenters. The van der Waals surface area contributed by atoms with Gasteiger partial charge in [-0.05, 0) is 51.0 Å². The second kappa shape index (κ2) is 8.52. The van der Waals surface area contributed by atoms with E-state index < -0.39 is 10.0 Å². The number of rotatable bonds is 9. The zero-order valence-corrected chi connectivity index (χ0v) is 16.7. The van der Waals surface area contributed by atoms with Crippen molar-refractivity contribution in [1.82, 2.24) is 5.32 Å². The quantitative estimate of drug-likeness (QED) is 0.670. The number of ether oxygens (including phenoxy) is 2. The normalized spacial score (nSPS) is 13.6. The predicted molar refractivity (Wildman–Crippen MR) is 107 cm³/mol. The fourth-order valence-electron chi connectivity index (χ4n) is 2.66. The third kappa shape index (κ3) is 4.75. The molecule has 1 aliphatic carbocycles. The molecule has 28 heavy (non-hydrogen) atoms. The van der Waals surface area contributed by atoms with Crippen LogP contribution in [0, 0.1) is 0 Å². The minimum Gasteiger partial charge on any atom is -0.490 e. The fraction of sp³-hybridized carbons (Fsp3) is 0.350. The van der Waals surface area contributed by atoms with Gasteiger partial charge in [-0.3, -0.25) is 9.52 Å². The average molecular weight is 404 g/mol. The number of hydrogen-bond acceptors (Lipinski definition) is 5. The molecule has 0 saturated heterocycles. The lowest BCUT2D eigenvalue weighted by Crippen LogP contribution is -2.27. The molecule has 7 nitrogen and oxygen atoms in total. The number of carbonyl (C=O) groups excluding carboxylic acids is 1. The van der Waals surface area contributed by atoms with E-state index >= 15 is 0 Å². The van der Waals surface area contributed by atoms with Crippen molar-refractivity contribution in [3.05, 3.63) is 48.0 Å². The lowest BCUT2D eigenvalue weighted by atomic mass is 10.1. The molecule has 150 valence electrons.